The summed E-state index contributed by atoms with van der Waals surface area (Å²) >= 11 is 0. The van der Waals surface area contributed by atoms with E-state index in [1.807, 2.05) is 68.4 Å². The van der Waals surface area contributed by atoms with Gasteiger partial charge in [0.1, 0.15) is 0 Å². The highest BCUT2D eigenvalue weighted by atomic mass is 16.5. The quantitative estimate of drug-likeness (QED) is 0.765. The number of hydrogen-bond acceptors (Lipinski definition) is 3. The van der Waals surface area contributed by atoms with Gasteiger partial charge in [0.25, 0.3) is 0 Å². The molecular weight excluding hydrogens is 352 g/mol. The molecular formula is C23H28N2O3. The normalized spacial score (nSPS) is 16.6. The van der Waals surface area contributed by atoms with Crippen LogP contribution < -0.4 is 5.32 Å². The monoisotopic (exact) mass is 380 g/mol. The van der Waals surface area contributed by atoms with E-state index < -0.39 is 0 Å². The fourth-order valence-corrected chi connectivity index (χ4v) is 3.36. The van der Waals surface area contributed by atoms with Crippen molar-refractivity contribution in [3.8, 4) is 0 Å². The van der Waals surface area contributed by atoms with Gasteiger partial charge in [-0.25, -0.2) is 0 Å². The van der Waals surface area contributed by atoms with Crippen molar-refractivity contribution >= 4 is 11.8 Å². The van der Waals surface area contributed by atoms with E-state index in [2.05, 4.69) is 5.32 Å². The molecule has 0 aromatic heterocycles. The van der Waals surface area contributed by atoms with Crippen molar-refractivity contribution < 1.29 is 14.3 Å². The van der Waals surface area contributed by atoms with E-state index in [-0.39, 0.29) is 30.3 Å². The van der Waals surface area contributed by atoms with Gasteiger partial charge in [-0.3, -0.25) is 9.59 Å². The second-order valence-corrected chi connectivity index (χ2v) is 7.51. The second kappa shape index (κ2) is 9.51. The number of ether oxygens (including phenoxy) is 1. The van der Waals surface area contributed by atoms with Gasteiger partial charge in [-0.05, 0) is 30.5 Å². The number of amides is 2. The predicted molar refractivity (Wildman–Crippen MR) is 108 cm³/mol. The van der Waals surface area contributed by atoms with E-state index in [0.717, 1.165) is 16.7 Å². The molecule has 1 heterocycles. The van der Waals surface area contributed by atoms with Crippen LogP contribution in [0, 0.1) is 5.92 Å². The summed E-state index contributed by atoms with van der Waals surface area (Å²) in [4.78, 5) is 26.7. The van der Waals surface area contributed by atoms with E-state index >= 15 is 0 Å². The van der Waals surface area contributed by atoms with Gasteiger partial charge in [-0.2, -0.15) is 0 Å². The van der Waals surface area contributed by atoms with Crippen molar-refractivity contribution in [2.45, 2.75) is 46.1 Å². The average molecular weight is 380 g/mol. The highest BCUT2D eigenvalue weighted by molar-refractivity contribution is 5.89. The number of nitrogens with zero attached hydrogens (tertiary/aromatic N) is 1. The number of carbonyl (C=O) groups is 2. The summed E-state index contributed by atoms with van der Waals surface area (Å²) in [5.41, 5.74) is 3.20. The SMILES string of the molecule is CC(C)OCc1ccccc1CNC(=O)C1CC(=O)N(Cc2ccccc2)C1. The van der Waals surface area contributed by atoms with Crippen LogP contribution in [0.4, 0.5) is 0 Å². The standard InChI is InChI=1S/C23H28N2O3/c1-17(2)28-16-20-11-7-6-10-19(20)13-24-23(27)21-12-22(26)25(15-21)14-18-8-4-3-5-9-18/h3-11,17,21H,12-16H2,1-2H3,(H,24,27). The highest BCUT2D eigenvalue weighted by Gasteiger charge is 2.34. The van der Waals surface area contributed by atoms with Crippen LogP contribution in [0.25, 0.3) is 0 Å². The zero-order chi connectivity index (χ0) is 19.9. The van der Waals surface area contributed by atoms with Gasteiger partial charge in [-0.15, -0.1) is 0 Å². The average Bonchev–Trinajstić information content (AvgIpc) is 3.06. The van der Waals surface area contributed by atoms with Crippen LogP contribution >= 0.6 is 0 Å². The van der Waals surface area contributed by atoms with E-state index in [0.29, 0.717) is 26.2 Å². The molecule has 2 amide bonds. The first-order valence-corrected chi connectivity index (χ1v) is 9.80. The molecule has 148 valence electrons. The van der Waals surface area contributed by atoms with E-state index in [1.54, 1.807) is 4.90 Å². The van der Waals surface area contributed by atoms with E-state index in [1.165, 1.54) is 0 Å². The molecule has 1 atom stereocenters. The van der Waals surface area contributed by atoms with Gasteiger partial charge in [0.15, 0.2) is 0 Å². The third kappa shape index (κ3) is 5.42. The molecule has 1 aliphatic heterocycles. The molecule has 2 aromatic carbocycles. The zero-order valence-corrected chi connectivity index (χ0v) is 16.6. The van der Waals surface area contributed by atoms with Crippen LogP contribution in [0.3, 0.4) is 0 Å². The van der Waals surface area contributed by atoms with Crippen LogP contribution in [-0.2, 0) is 34.0 Å². The first-order chi connectivity index (χ1) is 13.5. The fraction of sp³-hybridized carbons (Fsp3) is 0.391. The molecule has 28 heavy (non-hydrogen) atoms. The maximum atomic E-state index is 12.6. The molecule has 5 heteroatoms. The van der Waals surface area contributed by atoms with Gasteiger partial charge < -0.3 is 15.0 Å². The van der Waals surface area contributed by atoms with Crippen molar-refractivity contribution in [1.29, 1.82) is 0 Å². The number of benzene rings is 2. The molecule has 2 aromatic rings. The van der Waals surface area contributed by atoms with Gasteiger partial charge in [-0.1, -0.05) is 54.6 Å². The third-order valence-corrected chi connectivity index (χ3v) is 4.95. The minimum atomic E-state index is -0.296. The Morgan fingerprint density at radius 2 is 1.79 bits per heavy atom. The van der Waals surface area contributed by atoms with Crippen LogP contribution in [0.2, 0.25) is 0 Å². The second-order valence-electron chi connectivity index (χ2n) is 7.51. The van der Waals surface area contributed by atoms with Crippen molar-refractivity contribution in [1.82, 2.24) is 10.2 Å². The smallest absolute Gasteiger partial charge is 0.225 e. The van der Waals surface area contributed by atoms with Crippen molar-refractivity contribution in [2.75, 3.05) is 6.54 Å². The molecule has 1 unspecified atom stereocenters. The lowest BCUT2D eigenvalue weighted by atomic mass is 10.1. The van der Waals surface area contributed by atoms with Crippen LogP contribution in [-0.4, -0.2) is 29.4 Å². The molecule has 0 bridgehead atoms. The minimum Gasteiger partial charge on any atom is -0.374 e. The Hall–Kier alpha value is -2.66. The molecule has 0 aliphatic carbocycles. The summed E-state index contributed by atoms with van der Waals surface area (Å²) in [6.45, 7) is 6.00. The van der Waals surface area contributed by atoms with Gasteiger partial charge >= 0.3 is 0 Å². The largest absolute Gasteiger partial charge is 0.374 e. The van der Waals surface area contributed by atoms with Crippen LogP contribution in [0.5, 0.6) is 0 Å². The highest BCUT2D eigenvalue weighted by Crippen LogP contribution is 2.21. The van der Waals surface area contributed by atoms with Gasteiger partial charge in [0.2, 0.25) is 11.8 Å². The molecule has 1 N–H and O–H groups in total. The maximum Gasteiger partial charge on any atom is 0.225 e. The molecule has 0 saturated carbocycles. The number of nitrogens with one attached hydrogen (secondary N) is 1. The molecule has 1 fully saturated rings. The topological polar surface area (TPSA) is 58.6 Å². The van der Waals surface area contributed by atoms with Gasteiger partial charge in [0.05, 0.1) is 18.6 Å². The molecule has 1 saturated heterocycles. The number of rotatable bonds is 8. The molecule has 1 aliphatic rings. The maximum absolute atomic E-state index is 12.6. The zero-order valence-electron chi connectivity index (χ0n) is 16.6. The van der Waals surface area contributed by atoms with Crippen LogP contribution in [0.15, 0.2) is 54.6 Å². The minimum absolute atomic E-state index is 0.0368. The first kappa shape index (κ1) is 20.1. The van der Waals surface area contributed by atoms with Crippen molar-refractivity contribution in [2.24, 2.45) is 5.92 Å². The number of carbonyl (C=O) groups excluding carboxylic acids is 2. The van der Waals surface area contributed by atoms with Crippen molar-refractivity contribution in [3.63, 3.8) is 0 Å². The molecule has 3 rings (SSSR count). The lowest BCUT2D eigenvalue weighted by Gasteiger charge is -2.17. The molecule has 0 radical (unpaired) electrons. The molecule has 0 spiro atoms. The Morgan fingerprint density at radius 1 is 1.11 bits per heavy atom. The third-order valence-electron chi connectivity index (χ3n) is 4.95. The molecule has 5 nitrogen and oxygen atoms in total. The van der Waals surface area contributed by atoms with Crippen molar-refractivity contribution in [3.05, 3.63) is 71.3 Å². The summed E-state index contributed by atoms with van der Waals surface area (Å²) < 4.78 is 5.70. The first-order valence-electron chi connectivity index (χ1n) is 9.80. The lowest BCUT2D eigenvalue weighted by molar-refractivity contribution is -0.129. The summed E-state index contributed by atoms with van der Waals surface area (Å²) in [7, 11) is 0. The number of hydrogen-bond donors (Lipinski definition) is 1. The van der Waals surface area contributed by atoms with Crippen LogP contribution in [0.1, 0.15) is 37.0 Å². The Morgan fingerprint density at radius 3 is 2.50 bits per heavy atom. The summed E-state index contributed by atoms with van der Waals surface area (Å²) in [6, 6.07) is 17.8. The lowest BCUT2D eigenvalue weighted by Crippen LogP contribution is -2.32. The Bertz CT molecular complexity index is 805. The number of likely N-dealkylation sites (tertiary alicyclic amines) is 1. The Balaban J connectivity index is 1.54. The summed E-state index contributed by atoms with van der Waals surface area (Å²) in [5.74, 6) is -0.325. The fourth-order valence-electron chi connectivity index (χ4n) is 3.36. The summed E-state index contributed by atoms with van der Waals surface area (Å²) in [5, 5.41) is 3.00. The van der Waals surface area contributed by atoms with E-state index in [4.69, 9.17) is 4.74 Å². The Kier molecular flexibility index (Phi) is 6.82. The predicted octanol–water partition coefficient (Wildman–Crippen LogP) is 3.28. The van der Waals surface area contributed by atoms with E-state index in [9.17, 15) is 9.59 Å². The summed E-state index contributed by atoms with van der Waals surface area (Å²) in [6.07, 6.45) is 0.430. The Labute approximate surface area is 166 Å². The van der Waals surface area contributed by atoms with Gasteiger partial charge in [0, 0.05) is 26.1 Å².